The Kier molecular flexibility index (Phi) is 6.38. The van der Waals surface area contributed by atoms with Crippen molar-refractivity contribution in [2.75, 3.05) is 25.1 Å². The lowest BCUT2D eigenvalue weighted by molar-refractivity contribution is -0.137. The Morgan fingerprint density at radius 2 is 2.12 bits per heavy atom. The molecule has 1 unspecified atom stereocenters. The van der Waals surface area contributed by atoms with Crippen LogP contribution < -0.4 is 15.0 Å². The molecule has 1 saturated heterocycles. The van der Waals surface area contributed by atoms with Crippen molar-refractivity contribution in [2.24, 2.45) is 5.92 Å². The van der Waals surface area contributed by atoms with E-state index in [4.69, 9.17) is 9.84 Å². The van der Waals surface area contributed by atoms with Crippen LogP contribution in [0.1, 0.15) is 31.2 Å². The number of carbonyl (C=O) groups is 3. The number of carbonyl (C=O) groups excluding carboxylic acids is 2. The molecule has 25 heavy (non-hydrogen) atoms. The number of carboxylic acid groups (broad SMARTS) is 1. The normalized spacial score (nSPS) is 16.8. The van der Waals surface area contributed by atoms with Crippen molar-refractivity contribution in [1.29, 1.82) is 0 Å². The van der Waals surface area contributed by atoms with Crippen molar-refractivity contribution in [3.8, 4) is 5.75 Å². The lowest BCUT2D eigenvalue weighted by atomic mass is 10.1. The van der Waals surface area contributed by atoms with E-state index < -0.39 is 11.9 Å². The van der Waals surface area contributed by atoms with E-state index in [1.54, 1.807) is 12.0 Å². The molecule has 1 aromatic carbocycles. The van der Waals surface area contributed by atoms with E-state index in [1.807, 2.05) is 25.1 Å². The average molecular weight is 348 g/mol. The van der Waals surface area contributed by atoms with Gasteiger partial charge in [0.1, 0.15) is 5.75 Å². The van der Waals surface area contributed by atoms with Gasteiger partial charge in [0.25, 0.3) is 0 Å². The second-order valence-electron chi connectivity index (χ2n) is 6.22. The summed E-state index contributed by atoms with van der Waals surface area (Å²) in [4.78, 5) is 36.6. The highest BCUT2D eigenvalue weighted by Crippen LogP contribution is 2.33. The fourth-order valence-corrected chi connectivity index (χ4v) is 2.88. The van der Waals surface area contributed by atoms with Crippen molar-refractivity contribution in [3.05, 3.63) is 23.8 Å². The van der Waals surface area contributed by atoms with Crippen LogP contribution in [0.5, 0.6) is 5.75 Å². The number of aryl methyl sites for hydroxylation is 1. The molecule has 7 heteroatoms. The van der Waals surface area contributed by atoms with E-state index in [9.17, 15) is 14.4 Å². The summed E-state index contributed by atoms with van der Waals surface area (Å²) in [7, 11) is 1.55. The van der Waals surface area contributed by atoms with Gasteiger partial charge in [-0.1, -0.05) is 6.07 Å². The van der Waals surface area contributed by atoms with Crippen molar-refractivity contribution >= 4 is 23.5 Å². The topological polar surface area (TPSA) is 95.9 Å². The van der Waals surface area contributed by atoms with Crippen molar-refractivity contribution in [1.82, 2.24) is 5.32 Å². The summed E-state index contributed by atoms with van der Waals surface area (Å²) in [6.45, 7) is 2.68. The van der Waals surface area contributed by atoms with E-state index in [0.29, 0.717) is 37.4 Å². The molecule has 1 aliphatic rings. The Morgan fingerprint density at radius 1 is 1.36 bits per heavy atom. The molecule has 1 aromatic rings. The van der Waals surface area contributed by atoms with Crippen molar-refractivity contribution in [2.45, 2.75) is 32.6 Å². The lowest BCUT2D eigenvalue weighted by Crippen LogP contribution is -2.33. The molecular formula is C18H24N2O5. The molecule has 1 atom stereocenters. The summed E-state index contributed by atoms with van der Waals surface area (Å²) in [5.74, 6) is -0.908. The Hall–Kier alpha value is -2.57. The molecule has 0 aliphatic carbocycles. The van der Waals surface area contributed by atoms with Gasteiger partial charge in [0.05, 0.1) is 18.7 Å². The predicted molar refractivity (Wildman–Crippen MR) is 92.7 cm³/mol. The first-order valence-electron chi connectivity index (χ1n) is 8.37. The number of carboxylic acids is 1. The summed E-state index contributed by atoms with van der Waals surface area (Å²) >= 11 is 0. The van der Waals surface area contributed by atoms with E-state index in [2.05, 4.69) is 5.32 Å². The third-order valence-corrected chi connectivity index (χ3v) is 4.24. The molecule has 1 aliphatic heterocycles. The molecule has 0 spiro atoms. The highest BCUT2D eigenvalue weighted by atomic mass is 16.5. The zero-order valence-corrected chi connectivity index (χ0v) is 14.6. The van der Waals surface area contributed by atoms with E-state index in [-0.39, 0.29) is 24.7 Å². The number of nitrogens with one attached hydrogen (secondary N) is 1. The van der Waals surface area contributed by atoms with Crippen molar-refractivity contribution < 1.29 is 24.2 Å². The molecule has 2 N–H and O–H groups in total. The minimum atomic E-state index is -0.838. The summed E-state index contributed by atoms with van der Waals surface area (Å²) in [5, 5.41) is 11.4. The van der Waals surface area contributed by atoms with Crippen molar-refractivity contribution in [3.63, 3.8) is 0 Å². The van der Waals surface area contributed by atoms with Crippen LogP contribution in [-0.4, -0.2) is 43.1 Å². The molecule has 7 nitrogen and oxygen atoms in total. The fraction of sp³-hybridized carbons (Fsp3) is 0.500. The van der Waals surface area contributed by atoms with Crippen LogP contribution in [0.2, 0.25) is 0 Å². The van der Waals surface area contributed by atoms with Gasteiger partial charge in [-0.25, -0.2) is 0 Å². The lowest BCUT2D eigenvalue weighted by Gasteiger charge is -2.20. The summed E-state index contributed by atoms with van der Waals surface area (Å²) in [6.07, 6.45) is 1.39. The number of unbranched alkanes of at least 4 members (excludes halogenated alkanes) is 1. The third kappa shape index (κ3) is 4.95. The van der Waals surface area contributed by atoms with E-state index >= 15 is 0 Å². The number of anilines is 1. The molecule has 1 heterocycles. The van der Waals surface area contributed by atoms with E-state index in [1.165, 1.54) is 0 Å². The summed E-state index contributed by atoms with van der Waals surface area (Å²) in [6, 6.07) is 5.60. The first-order chi connectivity index (χ1) is 11.9. The largest absolute Gasteiger partial charge is 0.495 e. The zero-order valence-electron chi connectivity index (χ0n) is 14.6. The van der Waals surface area contributed by atoms with Gasteiger partial charge < -0.3 is 20.1 Å². The Balaban J connectivity index is 1.92. The smallest absolute Gasteiger partial charge is 0.303 e. The average Bonchev–Trinajstić information content (AvgIpc) is 2.96. The van der Waals surface area contributed by atoms with Gasteiger partial charge in [-0.15, -0.1) is 0 Å². The standard InChI is InChI=1S/C18H24N2O5/c1-12-6-7-15(25-2)14(9-12)20-11-13(10-16(20)21)18(24)19-8-4-3-5-17(22)23/h6-7,9,13H,3-5,8,10-11H2,1-2H3,(H,19,24)(H,22,23). The number of aliphatic carboxylic acids is 1. The molecule has 0 bridgehead atoms. The number of nitrogens with zero attached hydrogens (tertiary/aromatic N) is 1. The van der Waals surface area contributed by atoms with Gasteiger partial charge >= 0.3 is 5.97 Å². The van der Waals surface area contributed by atoms with Crippen LogP contribution in [-0.2, 0) is 14.4 Å². The van der Waals surface area contributed by atoms with Crippen LogP contribution in [0.15, 0.2) is 18.2 Å². The molecule has 0 saturated carbocycles. The molecule has 1 fully saturated rings. The number of amides is 2. The molecule has 136 valence electrons. The quantitative estimate of drug-likeness (QED) is 0.698. The minimum absolute atomic E-state index is 0.0959. The zero-order chi connectivity index (χ0) is 18.4. The third-order valence-electron chi connectivity index (χ3n) is 4.24. The van der Waals surface area contributed by atoms with Gasteiger partial charge in [0.15, 0.2) is 0 Å². The highest BCUT2D eigenvalue weighted by Gasteiger charge is 2.36. The molecular weight excluding hydrogens is 324 g/mol. The first-order valence-corrected chi connectivity index (χ1v) is 8.37. The maximum absolute atomic E-state index is 12.3. The SMILES string of the molecule is COc1ccc(C)cc1N1CC(C(=O)NCCCCC(=O)O)CC1=O. The van der Waals surface area contributed by atoms with Gasteiger partial charge in [0.2, 0.25) is 11.8 Å². The second-order valence-corrected chi connectivity index (χ2v) is 6.22. The monoisotopic (exact) mass is 348 g/mol. The van der Waals surface area contributed by atoms with Gasteiger partial charge in [-0.05, 0) is 37.5 Å². The first kappa shape index (κ1) is 18.8. The van der Waals surface area contributed by atoms with Crippen LogP contribution >= 0.6 is 0 Å². The predicted octanol–water partition coefficient (Wildman–Crippen LogP) is 1.73. The van der Waals surface area contributed by atoms with Crippen LogP contribution in [0, 0.1) is 12.8 Å². The number of ether oxygens (including phenoxy) is 1. The summed E-state index contributed by atoms with van der Waals surface area (Å²) < 4.78 is 5.33. The number of hydrogen-bond donors (Lipinski definition) is 2. The van der Waals surface area contributed by atoms with Crippen LogP contribution in [0.25, 0.3) is 0 Å². The Labute approximate surface area is 147 Å². The minimum Gasteiger partial charge on any atom is -0.495 e. The van der Waals surface area contributed by atoms with Gasteiger partial charge in [-0.2, -0.15) is 0 Å². The number of methoxy groups -OCH3 is 1. The summed E-state index contributed by atoms with van der Waals surface area (Å²) in [5.41, 5.74) is 1.69. The fourth-order valence-electron chi connectivity index (χ4n) is 2.88. The van der Waals surface area contributed by atoms with E-state index in [0.717, 1.165) is 5.56 Å². The maximum atomic E-state index is 12.3. The van der Waals surface area contributed by atoms with Gasteiger partial charge in [-0.3, -0.25) is 14.4 Å². The molecule has 2 amide bonds. The molecule has 0 radical (unpaired) electrons. The number of hydrogen-bond acceptors (Lipinski definition) is 4. The Bertz CT molecular complexity index is 659. The van der Waals surface area contributed by atoms with Crippen LogP contribution in [0.3, 0.4) is 0 Å². The molecule has 0 aromatic heterocycles. The molecule has 2 rings (SSSR count). The number of rotatable bonds is 8. The number of benzene rings is 1. The highest BCUT2D eigenvalue weighted by molar-refractivity contribution is 6.01. The second kappa shape index (κ2) is 8.50. The maximum Gasteiger partial charge on any atom is 0.303 e. The van der Waals surface area contributed by atoms with Gasteiger partial charge in [0, 0.05) is 25.9 Å². The Morgan fingerprint density at radius 3 is 2.80 bits per heavy atom. The van der Waals surface area contributed by atoms with Crippen LogP contribution in [0.4, 0.5) is 5.69 Å².